The first-order valence-corrected chi connectivity index (χ1v) is 7.22. The molecule has 114 valence electrons. The van der Waals surface area contributed by atoms with Crippen LogP contribution in [0.2, 0.25) is 0 Å². The van der Waals surface area contributed by atoms with Gasteiger partial charge in [0.15, 0.2) is 6.10 Å². The molecule has 2 aliphatic rings. The number of amides is 1. The Balaban J connectivity index is 2.05. The first-order valence-electron chi connectivity index (χ1n) is 7.22. The van der Waals surface area contributed by atoms with Gasteiger partial charge in [-0.05, 0) is 19.3 Å². The summed E-state index contributed by atoms with van der Waals surface area (Å²) in [5, 5.41) is 9.03. The lowest BCUT2D eigenvalue weighted by molar-refractivity contribution is -0.163. The third-order valence-corrected chi connectivity index (χ3v) is 4.43. The van der Waals surface area contributed by atoms with Crippen molar-refractivity contribution in [2.24, 2.45) is 5.41 Å². The van der Waals surface area contributed by atoms with E-state index in [0.29, 0.717) is 19.8 Å². The Labute approximate surface area is 119 Å². The van der Waals surface area contributed by atoms with Crippen molar-refractivity contribution < 1.29 is 24.2 Å². The Hall–Kier alpha value is -1.14. The summed E-state index contributed by atoms with van der Waals surface area (Å²) < 4.78 is 10.3. The number of carbonyl (C=O) groups excluding carboxylic acids is 1. The second-order valence-corrected chi connectivity index (χ2v) is 5.68. The summed E-state index contributed by atoms with van der Waals surface area (Å²) in [6.45, 7) is 1.50. The van der Waals surface area contributed by atoms with Crippen LogP contribution in [0.5, 0.6) is 0 Å². The van der Waals surface area contributed by atoms with Crippen LogP contribution in [0, 0.1) is 5.41 Å². The van der Waals surface area contributed by atoms with Gasteiger partial charge in [-0.1, -0.05) is 12.8 Å². The minimum atomic E-state index is -1.00. The van der Waals surface area contributed by atoms with Gasteiger partial charge in [0.2, 0.25) is 5.91 Å². The molecule has 0 aromatic heterocycles. The van der Waals surface area contributed by atoms with Gasteiger partial charge in [-0.3, -0.25) is 4.79 Å². The second kappa shape index (κ2) is 6.54. The van der Waals surface area contributed by atoms with Crippen molar-refractivity contribution in [3.05, 3.63) is 0 Å². The Kier molecular flexibility index (Phi) is 4.99. The largest absolute Gasteiger partial charge is 0.479 e. The molecule has 6 nitrogen and oxygen atoms in total. The molecular formula is C14H23NO5. The Bertz CT molecular complexity index is 365. The predicted octanol–water partition coefficient (Wildman–Crippen LogP) is 0.895. The summed E-state index contributed by atoms with van der Waals surface area (Å²) in [6, 6.07) is 0. The molecule has 1 saturated carbocycles. The van der Waals surface area contributed by atoms with Gasteiger partial charge in [0, 0.05) is 20.3 Å². The molecule has 0 aromatic rings. The molecule has 0 unspecified atom stereocenters. The Morgan fingerprint density at radius 1 is 1.40 bits per heavy atom. The smallest absolute Gasteiger partial charge is 0.334 e. The summed E-state index contributed by atoms with van der Waals surface area (Å²) in [5.74, 6) is -0.915. The lowest BCUT2D eigenvalue weighted by Crippen LogP contribution is -2.53. The molecule has 0 bridgehead atoms. The van der Waals surface area contributed by atoms with Crippen LogP contribution in [-0.4, -0.2) is 61.4 Å². The van der Waals surface area contributed by atoms with Crippen LogP contribution in [0.4, 0.5) is 0 Å². The molecule has 1 N–H and O–H groups in total. The van der Waals surface area contributed by atoms with Gasteiger partial charge in [0.1, 0.15) is 0 Å². The van der Waals surface area contributed by atoms with Crippen LogP contribution in [-0.2, 0) is 19.1 Å². The summed E-state index contributed by atoms with van der Waals surface area (Å²) >= 11 is 0. The number of carbonyl (C=O) groups is 2. The predicted molar refractivity (Wildman–Crippen MR) is 71.3 cm³/mol. The fourth-order valence-corrected chi connectivity index (χ4v) is 3.24. The highest BCUT2D eigenvalue weighted by Gasteiger charge is 2.44. The van der Waals surface area contributed by atoms with Gasteiger partial charge in [0.05, 0.1) is 18.6 Å². The highest BCUT2D eigenvalue weighted by Crippen LogP contribution is 2.43. The van der Waals surface area contributed by atoms with Gasteiger partial charge in [-0.15, -0.1) is 0 Å². The highest BCUT2D eigenvalue weighted by atomic mass is 16.5. The van der Waals surface area contributed by atoms with E-state index >= 15 is 0 Å². The molecule has 0 spiro atoms. The zero-order chi connectivity index (χ0) is 14.6. The molecule has 1 heterocycles. The normalized spacial score (nSPS) is 25.6. The van der Waals surface area contributed by atoms with Crippen molar-refractivity contribution in [1.29, 1.82) is 0 Å². The lowest BCUT2D eigenvalue weighted by atomic mass is 9.81. The highest BCUT2D eigenvalue weighted by molar-refractivity contribution is 5.84. The van der Waals surface area contributed by atoms with Crippen molar-refractivity contribution in [1.82, 2.24) is 4.90 Å². The van der Waals surface area contributed by atoms with Gasteiger partial charge in [-0.2, -0.15) is 0 Å². The molecule has 0 aromatic carbocycles. The molecular weight excluding hydrogens is 262 g/mol. The van der Waals surface area contributed by atoms with Gasteiger partial charge >= 0.3 is 5.97 Å². The Morgan fingerprint density at radius 3 is 2.70 bits per heavy atom. The second-order valence-electron chi connectivity index (χ2n) is 5.68. The number of carboxylic acid groups (broad SMARTS) is 1. The number of morpholine rings is 1. The SMILES string of the molecule is COCCC1(C(=O)N2CCO[C@@H](C(=O)O)C2)CCCC1. The maximum Gasteiger partial charge on any atom is 0.334 e. The van der Waals surface area contributed by atoms with E-state index in [1.807, 2.05) is 0 Å². The maximum atomic E-state index is 12.8. The molecule has 6 heteroatoms. The first kappa shape index (κ1) is 15.3. The van der Waals surface area contributed by atoms with Crippen LogP contribution in [0.15, 0.2) is 0 Å². The number of rotatable bonds is 5. The number of aliphatic carboxylic acids is 1. The number of hydrogen-bond acceptors (Lipinski definition) is 4. The molecule has 1 aliphatic carbocycles. The molecule has 1 saturated heterocycles. The summed E-state index contributed by atoms with van der Waals surface area (Å²) in [7, 11) is 1.64. The third kappa shape index (κ3) is 3.12. The minimum Gasteiger partial charge on any atom is -0.479 e. The molecule has 2 fully saturated rings. The molecule has 1 amide bonds. The van der Waals surface area contributed by atoms with Crippen LogP contribution in [0.1, 0.15) is 32.1 Å². The first-order chi connectivity index (χ1) is 9.59. The van der Waals surface area contributed by atoms with E-state index in [1.165, 1.54) is 0 Å². The van der Waals surface area contributed by atoms with Crippen LogP contribution < -0.4 is 0 Å². The zero-order valence-electron chi connectivity index (χ0n) is 12.0. The van der Waals surface area contributed by atoms with E-state index in [9.17, 15) is 9.59 Å². The standard InChI is InChI=1S/C14H23NO5/c1-19-8-6-14(4-2-3-5-14)13(18)15-7-9-20-11(10-15)12(16)17/h11H,2-10H2,1H3,(H,16,17)/t11-/m1/s1. The van der Waals surface area contributed by atoms with Gasteiger partial charge in [0.25, 0.3) is 0 Å². The average Bonchev–Trinajstić information content (AvgIpc) is 2.94. The van der Waals surface area contributed by atoms with Crippen molar-refractivity contribution in [3.8, 4) is 0 Å². The lowest BCUT2D eigenvalue weighted by Gasteiger charge is -2.38. The van der Waals surface area contributed by atoms with Gasteiger partial charge in [-0.25, -0.2) is 4.79 Å². The van der Waals surface area contributed by atoms with E-state index < -0.39 is 12.1 Å². The fraction of sp³-hybridized carbons (Fsp3) is 0.857. The topological polar surface area (TPSA) is 76.1 Å². The fourth-order valence-electron chi connectivity index (χ4n) is 3.24. The van der Waals surface area contributed by atoms with Crippen LogP contribution in [0.3, 0.4) is 0 Å². The van der Waals surface area contributed by atoms with Crippen LogP contribution in [0.25, 0.3) is 0 Å². The molecule has 0 radical (unpaired) electrons. The minimum absolute atomic E-state index is 0.0848. The monoisotopic (exact) mass is 285 g/mol. The van der Waals surface area contributed by atoms with E-state index in [1.54, 1.807) is 12.0 Å². The van der Waals surface area contributed by atoms with Crippen molar-refractivity contribution >= 4 is 11.9 Å². The van der Waals surface area contributed by atoms with Crippen molar-refractivity contribution in [2.45, 2.75) is 38.2 Å². The van der Waals surface area contributed by atoms with E-state index in [-0.39, 0.29) is 17.9 Å². The van der Waals surface area contributed by atoms with Crippen LogP contribution >= 0.6 is 0 Å². The molecule has 20 heavy (non-hydrogen) atoms. The summed E-state index contributed by atoms with van der Waals surface area (Å²) in [6.07, 6.45) is 3.70. The molecule has 2 rings (SSSR count). The quantitative estimate of drug-likeness (QED) is 0.812. The number of nitrogens with zero attached hydrogens (tertiary/aromatic N) is 1. The average molecular weight is 285 g/mol. The summed E-state index contributed by atoms with van der Waals surface area (Å²) in [5.41, 5.74) is -0.351. The number of hydrogen-bond donors (Lipinski definition) is 1. The van der Waals surface area contributed by atoms with Gasteiger partial charge < -0.3 is 19.5 Å². The van der Waals surface area contributed by atoms with E-state index in [2.05, 4.69) is 0 Å². The summed E-state index contributed by atoms with van der Waals surface area (Å²) in [4.78, 5) is 25.5. The number of methoxy groups -OCH3 is 1. The number of carboxylic acids is 1. The number of ether oxygens (including phenoxy) is 2. The van der Waals surface area contributed by atoms with E-state index in [0.717, 1.165) is 32.1 Å². The molecule has 1 atom stereocenters. The third-order valence-electron chi connectivity index (χ3n) is 4.43. The molecule has 1 aliphatic heterocycles. The van der Waals surface area contributed by atoms with E-state index in [4.69, 9.17) is 14.6 Å². The zero-order valence-corrected chi connectivity index (χ0v) is 12.0. The Morgan fingerprint density at radius 2 is 2.10 bits per heavy atom. The van der Waals surface area contributed by atoms with Crippen molar-refractivity contribution in [2.75, 3.05) is 33.4 Å². The maximum absolute atomic E-state index is 12.8. The van der Waals surface area contributed by atoms with Crippen molar-refractivity contribution in [3.63, 3.8) is 0 Å².